The molecular weight excluding hydrogens is 665 g/mol. The van der Waals surface area contributed by atoms with Crippen LogP contribution >= 0.6 is 7.82 Å². The molecule has 0 amide bonds. The third-order valence-corrected chi connectivity index (χ3v) is 9.38. The molecule has 0 spiro atoms. The van der Waals surface area contributed by atoms with Crippen molar-refractivity contribution in [1.82, 2.24) is 0 Å². The van der Waals surface area contributed by atoms with Crippen molar-refractivity contribution in [2.24, 2.45) is 0 Å². The Morgan fingerprint density at radius 2 is 1.06 bits per heavy atom. The number of phosphoric acid groups is 1. The van der Waals surface area contributed by atoms with Crippen molar-refractivity contribution in [3.8, 4) is 0 Å². The van der Waals surface area contributed by atoms with E-state index in [1.165, 1.54) is 44.9 Å². The largest absolute Gasteiger partial charge is 0.756 e. The number of rotatable bonds is 36. The fourth-order valence-corrected chi connectivity index (χ4v) is 5.92. The van der Waals surface area contributed by atoms with E-state index in [0.717, 1.165) is 83.5 Å². The molecular formula is C41H76NO8P. The normalized spacial score (nSPS) is 14.1. The second-order valence-corrected chi connectivity index (χ2v) is 16.1. The van der Waals surface area contributed by atoms with Gasteiger partial charge in [0.25, 0.3) is 7.82 Å². The Morgan fingerprint density at radius 3 is 1.57 bits per heavy atom. The second kappa shape index (κ2) is 34.0. The zero-order valence-corrected chi connectivity index (χ0v) is 34.2. The van der Waals surface area contributed by atoms with Crippen molar-refractivity contribution in [2.45, 2.75) is 168 Å². The molecule has 0 radical (unpaired) electrons. The number of unbranched alkanes of at least 4 members (excludes halogenated alkanes) is 16. The lowest BCUT2D eigenvalue weighted by Gasteiger charge is -2.28. The summed E-state index contributed by atoms with van der Waals surface area (Å²) >= 11 is 0. The molecule has 51 heavy (non-hydrogen) atoms. The molecule has 0 fully saturated rings. The predicted octanol–water partition coefficient (Wildman–Crippen LogP) is 10.3. The highest BCUT2D eigenvalue weighted by molar-refractivity contribution is 7.45. The molecule has 0 aliphatic rings. The molecule has 0 aliphatic heterocycles. The average molecular weight is 742 g/mol. The van der Waals surface area contributed by atoms with E-state index < -0.39 is 32.5 Å². The first-order chi connectivity index (χ1) is 24.5. The molecule has 0 saturated heterocycles. The maximum Gasteiger partial charge on any atom is 0.306 e. The fourth-order valence-electron chi connectivity index (χ4n) is 5.19. The number of ether oxygens (including phenoxy) is 2. The molecule has 0 aromatic carbocycles. The van der Waals surface area contributed by atoms with Gasteiger partial charge in [-0.15, -0.1) is 0 Å². The number of hydrogen-bond acceptors (Lipinski definition) is 8. The molecule has 2 atom stereocenters. The van der Waals surface area contributed by atoms with Crippen molar-refractivity contribution >= 4 is 19.8 Å². The standard InChI is InChI=1S/C41H76NO8P/c1-6-8-10-12-14-15-16-17-18-19-20-21-22-23-24-25-26-27-28-30-32-34-41(44)50-39(37-47-40(43)33-31-29-13-11-9-7-2)38-49-51(45,46)48-36-35-42(3,4)5/h16-17,19-20,22-23,39H,6-15,18,21,24-38H2,1-5H3/b17-16-,20-19-,23-22-. The van der Waals surface area contributed by atoms with Crippen LogP contribution in [0.2, 0.25) is 0 Å². The van der Waals surface area contributed by atoms with Crippen LogP contribution in [0.4, 0.5) is 0 Å². The highest BCUT2D eigenvalue weighted by atomic mass is 31.2. The summed E-state index contributed by atoms with van der Waals surface area (Å²) in [5.41, 5.74) is 0. The number of esters is 2. The molecule has 10 heteroatoms. The summed E-state index contributed by atoms with van der Waals surface area (Å²) in [6, 6.07) is 0. The van der Waals surface area contributed by atoms with E-state index in [9.17, 15) is 19.0 Å². The number of allylic oxidation sites excluding steroid dienone is 6. The van der Waals surface area contributed by atoms with Gasteiger partial charge in [0.2, 0.25) is 0 Å². The first kappa shape index (κ1) is 49.2. The molecule has 298 valence electrons. The number of quaternary nitrogens is 1. The summed E-state index contributed by atoms with van der Waals surface area (Å²) in [5, 5.41) is 0. The highest BCUT2D eigenvalue weighted by Gasteiger charge is 2.21. The molecule has 0 aromatic rings. The molecule has 2 unspecified atom stereocenters. The van der Waals surface area contributed by atoms with Gasteiger partial charge in [0.1, 0.15) is 19.8 Å². The Morgan fingerprint density at radius 1 is 0.608 bits per heavy atom. The maximum absolute atomic E-state index is 12.6. The molecule has 0 aromatic heterocycles. The number of carbonyl (C=O) groups excluding carboxylic acids is 2. The van der Waals surface area contributed by atoms with E-state index >= 15 is 0 Å². The van der Waals surface area contributed by atoms with E-state index in [-0.39, 0.29) is 26.1 Å². The summed E-state index contributed by atoms with van der Waals surface area (Å²) in [5.74, 6) is -0.861. The van der Waals surface area contributed by atoms with E-state index in [1.807, 2.05) is 21.1 Å². The van der Waals surface area contributed by atoms with Gasteiger partial charge in [0.05, 0.1) is 27.7 Å². The van der Waals surface area contributed by atoms with Gasteiger partial charge in [-0.25, -0.2) is 0 Å². The summed E-state index contributed by atoms with van der Waals surface area (Å²) in [4.78, 5) is 37.2. The van der Waals surface area contributed by atoms with Gasteiger partial charge in [-0.1, -0.05) is 134 Å². The summed E-state index contributed by atoms with van der Waals surface area (Å²) in [6.07, 6.45) is 36.3. The minimum absolute atomic E-state index is 0.0338. The molecule has 0 saturated carbocycles. The van der Waals surface area contributed by atoms with Gasteiger partial charge in [0, 0.05) is 12.8 Å². The SMILES string of the molecule is CCCCCCC/C=C\C/C=C\C/C=C\CCCCCCCCC(=O)OC(COC(=O)CCCCCCCC)COP(=O)([O-])OCC[N+](C)(C)C. The quantitative estimate of drug-likeness (QED) is 0.0205. The smallest absolute Gasteiger partial charge is 0.306 e. The molecule has 0 aliphatic carbocycles. The first-order valence-corrected chi connectivity index (χ1v) is 21.7. The van der Waals surface area contributed by atoms with Crippen LogP contribution in [0.15, 0.2) is 36.5 Å². The van der Waals surface area contributed by atoms with Gasteiger partial charge in [-0.2, -0.15) is 0 Å². The number of phosphoric ester groups is 1. The van der Waals surface area contributed by atoms with Crippen LogP contribution < -0.4 is 4.89 Å². The van der Waals surface area contributed by atoms with Crippen LogP contribution in [0.5, 0.6) is 0 Å². The lowest BCUT2D eigenvalue weighted by Crippen LogP contribution is -2.37. The van der Waals surface area contributed by atoms with Crippen molar-refractivity contribution in [1.29, 1.82) is 0 Å². The number of likely N-dealkylation sites (N-methyl/N-ethyl adjacent to an activating group) is 1. The lowest BCUT2D eigenvalue weighted by molar-refractivity contribution is -0.870. The van der Waals surface area contributed by atoms with Crippen LogP contribution in [0.1, 0.15) is 162 Å². The van der Waals surface area contributed by atoms with E-state index in [4.69, 9.17) is 18.5 Å². The highest BCUT2D eigenvalue weighted by Crippen LogP contribution is 2.38. The number of hydrogen-bond donors (Lipinski definition) is 0. The summed E-state index contributed by atoms with van der Waals surface area (Å²) < 4.78 is 33.6. The van der Waals surface area contributed by atoms with Gasteiger partial charge in [-0.3, -0.25) is 14.2 Å². The van der Waals surface area contributed by atoms with Crippen molar-refractivity contribution in [3.05, 3.63) is 36.5 Å². The number of carbonyl (C=O) groups is 2. The molecule has 9 nitrogen and oxygen atoms in total. The lowest BCUT2D eigenvalue weighted by atomic mass is 10.1. The van der Waals surface area contributed by atoms with Gasteiger partial charge < -0.3 is 27.9 Å². The van der Waals surface area contributed by atoms with Gasteiger partial charge >= 0.3 is 11.9 Å². The molecule has 0 N–H and O–H groups in total. The van der Waals surface area contributed by atoms with E-state index in [0.29, 0.717) is 17.4 Å². The van der Waals surface area contributed by atoms with Gasteiger partial charge in [-0.05, 0) is 51.4 Å². The Kier molecular flexibility index (Phi) is 32.8. The second-order valence-electron chi connectivity index (χ2n) is 14.7. The van der Waals surface area contributed by atoms with Crippen LogP contribution in [0.25, 0.3) is 0 Å². The third kappa shape index (κ3) is 37.8. The Hall–Kier alpha value is -1.77. The van der Waals surface area contributed by atoms with Crippen LogP contribution in [-0.2, 0) is 32.7 Å². The van der Waals surface area contributed by atoms with Crippen molar-refractivity contribution in [2.75, 3.05) is 47.5 Å². The molecule has 0 rings (SSSR count). The molecule has 0 bridgehead atoms. The zero-order valence-electron chi connectivity index (χ0n) is 33.3. The minimum Gasteiger partial charge on any atom is -0.756 e. The predicted molar refractivity (Wildman–Crippen MR) is 208 cm³/mol. The van der Waals surface area contributed by atoms with E-state index in [2.05, 4.69) is 50.3 Å². The van der Waals surface area contributed by atoms with Crippen molar-refractivity contribution < 1.29 is 42.1 Å². The van der Waals surface area contributed by atoms with Gasteiger partial charge in [0.15, 0.2) is 6.10 Å². The monoisotopic (exact) mass is 742 g/mol. The maximum atomic E-state index is 12.6. The van der Waals surface area contributed by atoms with E-state index in [1.54, 1.807) is 0 Å². The topological polar surface area (TPSA) is 111 Å². The minimum atomic E-state index is -4.61. The van der Waals surface area contributed by atoms with Crippen LogP contribution in [0, 0.1) is 0 Å². The summed E-state index contributed by atoms with van der Waals surface area (Å²) in [6.45, 7) is 4.11. The Bertz CT molecular complexity index is 975. The Labute approximate surface area is 312 Å². The first-order valence-electron chi connectivity index (χ1n) is 20.2. The number of nitrogens with zero attached hydrogens (tertiary/aromatic N) is 1. The average Bonchev–Trinajstić information content (AvgIpc) is 3.07. The Balaban J connectivity index is 4.28. The molecule has 0 heterocycles. The third-order valence-electron chi connectivity index (χ3n) is 8.41. The zero-order chi connectivity index (χ0) is 37.9. The fraction of sp³-hybridized carbons (Fsp3) is 0.805. The van der Waals surface area contributed by atoms with Crippen molar-refractivity contribution in [3.63, 3.8) is 0 Å². The van der Waals surface area contributed by atoms with Crippen LogP contribution in [-0.4, -0.2) is 70.0 Å². The summed E-state index contributed by atoms with van der Waals surface area (Å²) in [7, 11) is 1.15. The van der Waals surface area contributed by atoms with Crippen LogP contribution in [0.3, 0.4) is 0 Å².